The molecule has 17 rings (SSSR count). The monoisotopic (exact) mass is 983 g/mol. The maximum absolute atomic E-state index is 8.42. The Morgan fingerprint density at radius 3 is 0.836 bits per heavy atom. The van der Waals surface area contributed by atoms with Gasteiger partial charge in [-0.15, -0.1) is 0 Å². The smallest absolute Gasteiger partial charge is 0.0887 e. The van der Waals surface area contributed by atoms with Gasteiger partial charge in [0.15, 0.2) is 0 Å². The fourth-order valence-corrected chi connectivity index (χ4v) is 21.9. The number of hydrogen-bond donors (Lipinski definition) is 0. The predicted octanol–water partition coefficient (Wildman–Crippen LogP) is 19.8. The summed E-state index contributed by atoms with van der Waals surface area (Å²) < 4.78 is 0. The maximum Gasteiger partial charge on any atom is 0.0887 e. The predicted molar refractivity (Wildman–Crippen MR) is 301 cm³/mol. The van der Waals surface area contributed by atoms with Gasteiger partial charge in [-0.2, -0.15) is 0 Å². The minimum absolute atomic E-state index is 0.606. The normalized spacial score (nSPS) is 40.9. The summed E-state index contributed by atoms with van der Waals surface area (Å²) in [6.07, 6.45) is 22.3. The third-order valence-corrected chi connectivity index (χ3v) is 25.5. The van der Waals surface area contributed by atoms with Gasteiger partial charge in [0.1, 0.15) is 0 Å². The molecule has 0 aromatic heterocycles. The van der Waals surface area contributed by atoms with Crippen LogP contribution < -0.4 is 9.80 Å². The van der Waals surface area contributed by atoms with Gasteiger partial charge >= 0.3 is 0 Å². The van der Waals surface area contributed by atoms with E-state index in [1.807, 2.05) is 0 Å². The summed E-state index contributed by atoms with van der Waals surface area (Å²) in [4.78, 5) is 5.27. The SMILES string of the molecule is CC1CC2CC3CC(CC23)c2cc(N(c3ccc4c(c3)C3CC5CC(CC4C)C5C3)c3cccc(N(c4ccc5c(c4)C4CC6CC(CC5C)C6C4)c4ccc5c(c4)C4CC6CC(CC5C)C6C4)c3Cl)ccc21. The Kier molecular flexibility index (Phi) is 9.69. The number of fused-ring (bicyclic) bond motifs is 12. The van der Waals surface area contributed by atoms with E-state index in [9.17, 15) is 0 Å². The first-order chi connectivity index (χ1) is 35.6. The molecule has 8 bridgehead atoms. The molecule has 12 aliphatic rings. The number of halogens is 1. The van der Waals surface area contributed by atoms with Crippen LogP contribution in [0, 0.1) is 71.0 Å². The minimum atomic E-state index is 0.606. The molecule has 0 heterocycles. The van der Waals surface area contributed by atoms with Gasteiger partial charge in [0.25, 0.3) is 0 Å². The van der Waals surface area contributed by atoms with Gasteiger partial charge in [-0.1, -0.05) is 69.6 Å². The van der Waals surface area contributed by atoms with E-state index >= 15 is 0 Å². The average molecular weight is 984 g/mol. The molecule has 8 fully saturated rings. The Morgan fingerprint density at radius 1 is 0.301 bits per heavy atom. The highest BCUT2D eigenvalue weighted by molar-refractivity contribution is 6.36. The van der Waals surface area contributed by atoms with Crippen molar-refractivity contribution in [2.24, 2.45) is 71.0 Å². The summed E-state index contributed by atoms with van der Waals surface area (Å²) in [5.74, 6) is 16.3. The summed E-state index contributed by atoms with van der Waals surface area (Å²) in [7, 11) is 0. The zero-order valence-corrected chi connectivity index (χ0v) is 45.0. The Morgan fingerprint density at radius 2 is 0.562 bits per heavy atom. The lowest BCUT2D eigenvalue weighted by atomic mass is 9.63. The van der Waals surface area contributed by atoms with Crippen LogP contribution in [-0.4, -0.2) is 0 Å². The Bertz CT molecular complexity index is 2710. The Balaban J connectivity index is 0.848. The summed E-state index contributed by atoms with van der Waals surface area (Å²) in [6.45, 7) is 10.1. The fraction of sp³-hybridized carbons (Fsp3) is 0.571. The molecular weight excluding hydrogens is 904 g/mol. The largest absolute Gasteiger partial charge is 0.309 e. The van der Waals surface area contributed by atoms with Crippen molar-refractivity contribution < 1.29 is 0 Å². The van der Waals surface area contributed by atoms with Crippen molar-refractivity contribution >= 4 is 45.7 Å². The third kappa shape index (κ3) is 6.47. The van der Waals surface area contributed by atoms with Gasteiger partial charge in [0.05, 0.1) is 16.4 Å². The highest BCUT2D eigenvalue weighted by Gasteiger charge is 2.53. The topological polar surface area (TPSA) is 6.48 Å². The van der Waals surface area contributed by atoms with Crippen molar-refractivity contribution in [1.29, 1.82) is 0 Å². The highest BCUT2D eigenvalue weighted by Crippen LogP contribution is 2.66. The number of nitrogens with zero attached hydrogens (tertiary/aromatic N) is 2. The van der Waals surface area contributed by atoms with Crippen LogP contribution in [0.1, 0.15) is 222 Å². The van der Waals surface area contributed by atoms with E-state index < -0.39 is 0 Å². The summed E-state index contributed by atoms with van der Waals surface area (Å²) in [5, 5.41) is 0.856. The molecular formula is C70H79ClN2. The Hall–Kier alpha value is -4.01. The molecule has 3 heteroatoms. The standard InChI is InChI=1S/C70H79ClN2/c1-36-16-40-20-44-24-48(28-60(40)44)64-32-52(8-12-56(36)64)72(53-9-13-57-37(2)17-41-21-45-25-49(29-61(41)45)65(57)33-53)68-6-5-7-69(70(68)71)73(54-10-14-58-38(3)18-42-22-46-26-50(30-62(42)46)66(58)34-54)55-11-15-59-39(4)19-43-23-47-27-51(31-63(43)47)67(59)35-55/h5-15,32-51,60-63H,16-31H2,1-4H3. The van der Waals surface area contributed by atoms with E-state index in [1.165, 1.54) is 125 Å². The molecule has 0 spiro atoms. The van der Waals surface area contributed by atoms with Crippen LogP contribution in [0.15, 0.2) is 91.0 Å². The van der Waals surface area contributed by atoms with E-state index in [0.717, 1.165) is 87.4 Å². The first-order valence-corrected chi connectivity index (χ1v) is 31.0. The van der Waals surface area contributed by atoms with Crippen molar-refractivity contribution in [2.45, 2.75) is 178 Å². The molecule has 2 nitrogen and oxygen atoms in total. The second kappa shape index (κ2) is 16.0. The molecule has 73 heavy (non-hydrogen) atoms. The molecule has 5 aromatic carbocycles. The molecule has 0 radical (unpaired) electrons. The fourth-order valence-electron chi connectivity index (χ4n) is 21.6. The van der Waals surface area contributed by atoms with Gasteiger partial charge in [-0.3, -0.25) is 0 Å². The zero-order valence-electron chi connectivity index (χ0n) is 44.3. The lowest BCUT2D eigenvalue weighted by Crippen LogP contribution is -2.33. The number of benzene rings is 5. The lowest BCUT2D eigenvalue weighted by Gasteiger charge is -2.42. The van der Waals surface area contributed by atoms with E-state index in [0.29, 0.717) is 47.3 Å². The van der Waals surface area contributed by atoms with E-state index in [2.05, 4.69) is 128 Å². The van der Waals surface area contributed by atoms with Crippen molar-refractivity contribution in [2.75, 3.05) is 9.80 Å². The van der Waals surface area contributed by atoms with Crippen molar-refractivity contribution in [3.63, 3.8) is 0 Å². The lowest BCUT2D eigenvalue weighted by molar-refractivity contribution is 0.0890. The van der Waals surface area contributed by atoms with Gasteiger partial charge in [0.2, 0.25) is 0 Å². The molecule has 5 aromatic rings. The van der Waals surface area contributed by atoms with Crippen LogP contribution >= 0.6 is 11.6 Å². The van der Waals surface area contributed by atoms with Crippen LogP contribution in [0.3, 0.4) is 0 Å². The van der Waals surface area contributed by atoms with Gasteiger partial charge < -0.3 is 9.80 Å². The third-order valence-electron chi connectivity index (χ3n) is 25.1. The van der Waals surface area contributed by atoms with Crippen LogP contribution in [-0.2, 0) is 0 Å². The molecule has 0 saturated heterocycles. The van der Waals surface area contributed by atoms with Crippen LogP contribution in [0.4, 0.5) is 34.1 Å². The molecule has 20 unspecified atom stereocenters. The van der Waals surface area contributed by atoms with Gasteiger partial charge in [-0.05, 0) is 326 Å². The Labute approximate surface area is 442 Å². The first-order valence-electron chi connectivity index (χ1n) is 30.6. The second-order valence-corrected chi connectivity index (χ2v) is 28.8. The molecule has 0 amide bonds. The van der Waals surface area contributed by atoms with Crippen LogP contribution in [0.5, 0.6) is 0 Å². The molecule has 0 aliphatic heterocycles. The van der Waals surface area contributed by atoms with Crippen molar-refractivity contribution in [3.05, 3.63) is 141 Å². The summed E-state index contributed by atoms with van der Waals surface area (Å²) >= 11 is 8.42. The second-order valence-electron chi connectivity index (χ2n) is 28.4. The highest BCUT2D eigenvalue weighted by atomic mass is 35.5. The first kappa shape index (κ1) is 44.2. The quantitative estimate of drug-likeness (QED) is 0.167. The van der Waals surface area contributed by atoms with E-state index in [4.69, 9.17) is 11.6 Å². The van der Waals surface area contributed by atoms with Gasteiger partial charge in [0, 0.05) is 22.7 Å². The average Bonchev–Trinajstić information content (AvgIpc) is 4.16. The van der Waals surface area contributed by atoms with Crippen LogP contribution in [0.2, 0.25) is 5.02 Å². The summed E-state index contributed by atoms with van der Waals surface area (Å²) in [6, 6.07) is 38.0. The molecule has 20 atom stereocenters. The zero-order chi connectivity index (χ0) is 48.3. The molecule has 0 N–H and O–H groups in total. The number of anilines is 6. The van der Waals surface area contributed by atoms with Crippen LogP contribution in [0.25, 0.3) is 0 Å². The maximum atomic E-state index is 8.42. The van der Waals surface area contributed by atoms with Crippen molar-refractivity contribution in [1.82, 2.24) is 0 Å². The van der Waals surface area contributed by atoms with E-state index in [-0.39, 0.29) is 0 Å². The molecule has 8 saturated carbocycles. The minimum Gasteiger partial charge on any atom is -0.309 e. The van der Waals surface area contributed by atoms with Gasteiger partial charge in [-0.25, -0.2) is 0 Å². The number of rotatable bonds is 6. The van der Waals surface area contributed by atoms with Crippen molar-refractivity contribution in [3.8, 4) is 0 Å². The molecule has 12 aliphatic carbocycles. The van der Waals surface area contributed by atoms with E-state index in [1.54, 1.807) is 44.5 Å². The molecule has 376 valence electrons. The number of hydrogen-bond acceptors (Lipinski definition) is 2. The summed E-state index contributed by atoms with van der Waals surface area (Å²) in [5.41, 5.74) is 20.4.